The molecule has 0 fully saturated rings. The normalized spacial score (nSPS) is 17.8. The van der Waals surface area contributed by atoms with Gasteiger partial charge in [-0.25, -0.2) is 0 Å². The molecule has 5 heteroatoms. The first kappa shape index (κ1) is 26.4. The summed E-state index contributed by atoms with van der Waals surface area (Å²) in [6.45, 7) is 12.2. The Hall–Kier alpha value is -2.82. The SMILES string of the molecule is CC(C=CC1=C(C)CCCC1(C)C)=CC=CC(C)=CC(=O)Nc1ccc(C(F)(F)F)cc1C. The smallest absolute Gasteiger partial charge is 0.322 e. The van der Waals surface area contributed by atoms with Crippen LogP contribution in [0.5, 0.6) is 0 Å². The van der Waals surface area contributed by atoms with E-state index in [2.05, 4.69) is 38.2 Å². The van der Waals surface area contributed by atoms with Gasteiger partial charge in [0.1, 0.15) is 0 Å². The lowest BCUT2D eigenvalue weighted by molar-refractivity contribution is -0.137. The molecule has 1 amide bonds. The first-order chi connectivity index (χ1) is 15.3. The number of hydrogen-bond donors (Lipinski definition) is 1. The van der Waals surface area contributed by atoms with Crippen LogP contribution in [0.1, 0.15) is 65.0 Å². The fourth-order valence-corrected chi connectivity index (χ4v) is 4.04. The lowest BCUT2D eigenvalue weighted by Gasteiger charge is -2.32. The van der Waals surface area contributed by atoms with Gasteiger partial charge in [0.15, 0.2) is 0 Å². The van der Waals surface area contributed by atoms with Gasteiger partial charge in [-0.1, -0.05) is 55.4 Å². The number of amides is 1. The zero-order valence-electron chi connectivity index (χ0n) is 20.4. The lowest BCUT2D eigenvalue weighted by Crippen LogP contribution is -2.19. The second kappa shape index (κ2) is 10.9. The molecule has 0 saturated heterocycles. The first-order valence-corrected chi connectivity index (χ1v) is 11.2. The van der Waals surface area contributed by atoms with Crippen molar-refractivity contribution in [3.05, 3.63) is 88.1 Å². The molecule has 0 atom stereocenters. The topological polar surface area (TPSA) is 29.1 Å². The summed E-state index contributed by atoms with van der Waals surface area (Å²) in [6.07, 6.45) is 10.6. The molecule has 1 aliphatic carbocycles. The molecule has 2 nitrogen and oxygen atoms in total. The minimum Gasteiger partial charge on any atom is -0.322 e. The summed E-state index contributed by atoms with van der Waals surface area (Å²) in [4.78, 5) is 12.2. The highest BCUT2D eigenvalue weighted by molar-refractivity contribution is 6.00. The Bertz CT molecular complexity index is 1030. The summed E-state index contributed by atoms with van der Waals surface area (Å²) in [7, 11) is 0. The van der Waals surface area contributed by atoms with Crippen molar-refractivity contribution in [1.82, 2.24) is 0 Å². The van der Waals surface area contributed by atoms with Crippen LogP contribution in [0.25, 0.3) is 0 Å². The van der Waals surface area contributed by atoms with Gasteiger partial charge in [-0.2, -0.15) is 13.2 Å². The van der Waals surface area contributed by atoms with Gasteiger partial charge >= 0.3 is 6.18 Å². The second-order valence-corrected chi connectivity index (χ2v) is 9.44. The predicted octanol–water partition coefficient (Wildman–Crippen LogP) is 8.48. The van der Waals surface area contributed by atoms with Crippen LogP contribution >= 0.6 is 0 Å². The quantitative estimate of drug-likeness (QED) is 0.337. The van der Waals surface area contributed by atoms with E-state index < -0.39 is 11.7 Å². The maximum absolute atomic E-state index is 12.8. The van der Waals surface area contributed by atoms with Crippen LogP contribution in [0.4, 0.5) is 18.9 Å². The van der Waals surface area contributed by atoms with Crippen molar-refractivity contribution in [3.63, 3.8) is 0 Å². The molecule has 1 aromatic carbocycles. The molecule has 0 spiro atoms. The molecule has 0 saturated carbocycles. The number of allylic oxidation sites excluding steroid dienone is 9. The highest BCUT2D eigenvalue weighted by Crippen LogP contribution is 2.40. The third-order valence-corrected chi connectivity index (χ3v) is 5.94. The number of anilines is 1. The molecule has 0 unspecified atom stereocenters. The maximum Gasteiger partial charge on any atom is 0.416 e. The van der Waals surface area contributed by atoms with Crippen LogP contribution in [0.2, 0.25) is 0 Å². The molecule has 0 bridgehead atoms. The standard InChI is InChI=1S/C28H34F3NO/c1-19(12-14-24-21(3)11-8-16-27(24,5)6)9-7-10-20(2)17-26(33)32-25-15-13-23(18-22(25)4)28(29,30)31/h7,9-10,12-15,17-18H,8,11,16H2,1-6H3,(H,32,33). The summed E-state index contributed by atoms with van der Waals surface area (Å²) in [5.74, 6) is -0.387. The van der Waals surface area contributed by atoms with E-state index in [1.54, 1.807) is 6.92 Å². The second-order valence-electron chi connectivity index (χ2n) is 9.44. The molecule has 0 heterocycles. The Morgan fingerprint density at radius 3 is 2.39 bits per heavy atom. The Morgan fingerprint density at radius 2 is 1.79 bits per heavy atom. The van der Waals surface area contributed by atoms with E-state index in [4.69, 9.17) is 0 Å². The molecule has 33 heavy (non-hydrogen) atoms. The average Bonchev–Trinajstić information content (AvgIpc) is 2.67. The summed E-state index contributed by atoms with van der Waals surface area (Å²) in [6, 6.07) is 3.27. The van der Waals surface area contributed by atoms with Crippen LogP contribution in [0.3, 0.4) is 0 Å². The van der Waals surface area contributed by atoms with Crippen LogP contribution in [0, 0.1) is 12.3 Å². The van der Waals surface area contributed by atoms with Crippen molar-refractivity contribution in [3.8, 4) is 0 Å². The van der Waals surface area contributed by atoms with Gasteiger partial charge in [0.2, 0.25) is 5.91 Å². The minimum atomic E-state index is -4.40. The number of carbonyl (C=O) groups is 1. The monoisotopic (exact) mass is 457 g/mol. The Balaban J connectivity index is 2.00. The molecular weight excluding hydrogens is 423 g/mol. The molecule has 2 rings (SSSR count). The Morgan fingerprint density at radius 1 is 1.09 bits per heavy atom. The van der Waals surface area contributed by atoms with Crippen molar-refractivity contribution in [2.75, 3.05) is 5.32 Å². The third kappa shape index (κ3) is 7.92. The van der Waals surface area contributed by atoms with Gasteiger partial charge in [0, 0.05) is 11.8 Å². The maximum atomic E-state index is 12.8. The van der Waals surface area contributed by atoms with Gasteiger partial charge in [0.25, 0.3) is 0 Å². The van der Waals surface area contributed by atoms with Crippen molar-refractivity contribution in [2.45, 2.75) is 67.0 Å². The van der Waals surface area contributed by atoms with E-state index in [0.29, 0.717) is 11.3 Å². The van der Waals surface area contributed by atoms with Crippen molar-refractivity contribution < 1.29 is 18.0 Å². The number of aryl methyl sites for hydroxylation is 1. The fraction of sp³-hybridized carbons (Fsp3) is 0.393. The van der Waals surface area contributed by atoms with Crippen LogP contribution in [0.15, 0.2) is 76.9 Å². The highest BCUT2D eigenvalue weighted by atomic mass is 19.4. The summed E-state index contributed by atoms with van der Waals surface area (Å²) in [5, 5.41) is 2.64. The van der Waals surface area contributed by atoms with Crippen LogP contribution in [-0.4, -0.2) is 5.91 Å². The number of alkyl halides is 3. The molecular formula is C28H34F3NO. The molecule has 178 valence electrons. The third-order valence-electron chi connectivity index (χ3n) is 5.94. The van der Waals surface area contributed by atoms with E-state index in [-0.39, 0.29) is 11.3 Å². The zero-order chi connectivity index (χ0) is 24.8. The molecule has 0 radical (unpaired) electrons. The number of halogens is 3. The van der Waals surface area contributed by atoms with Crippen molar-refractivity contribution in [2.24, 2.45) is 5.41 Å². The van der Waals surface area contributed by atoms with E-state index in [1.807, 2.05) is 25.2 Å². The fourth-order valence-electron chi connectivity index (χ4n) is 4.04. The molecule has 1 aromatic rings. The number of carbonyl (C=O) groups excluding carboxylic acids is 1. The van der Waals surface area contributed by atoms with Crippen molar-refractivity contribution in [1.29, 1.82) is 0 Å². The zero-order valence-corrected chi connectivity index (χ0v) is 20.4. The number of benzene rings is 1. The van der Waals surface area contributed by atoms with Gasteiger partial charge < -0.3 is 5.32 Å². The number of nitrogens with one attached hydrogen (secondary N) is 1. The average molecular weight is 458 g/mol. The Labute approximate surface area is 195 Å². The first-order valence-electron chi connectivity index (χ1n) is 11.2. The summed E-state index contributed by atoms with van der Waals surface area (Å²) in [5.41, 5.74) is 4.89. The highest BCUT2D eigenvalue weighted by Gasteiger charge is 2.30. The minimum absolute atomic E-state index is 0.201. The summed E-state index contributed by atoms with van der Waals surface area (Å²) < 4.78 is 38.4. The van der Waals surface area contributed by atoms with Crippen LogP contribution < -0.4 is 5.32 Å². The van der Waals surface area contributed by atoms with Gasteiger partial charge in [0.05, 0.1) is 5.56 Å². The van der Waals surface area contributed by atoms with Crippen molar-refractivity contribution >= 4 is 11.6 Å². The van der Waals surface area contributed by atoms with Gasteiger partial charge in [-0.15, -0.1) is 0 Å². The summed E-state index contributed by atoms with van der Waals surface area (Å²) >= 11 is 0. The van der Waals surface area contributed by atoms with Gasteiger partial charge in [-0.3, -0.25) is 4.79 Å². The molecule has 0 aliphatic heterocycles. The van der Waals surface area contributed by atoms with E-state index in [9.17, 15) is 18.0 Å². The molecule has 0 aromatic heterocycles. The van der Waals surface area contributed by atoms with E-state index in [1.165, 1.54) is 43.1 Å². The van der Waals surface area contributed by atoms with Gasteiger partial charge in [-0.05, 0) is 87.3 Å². The molecule has 1 N–H and O–H groups in total. The Kier molecular flexibility index (Phi) is 8.70. The number of hydrogen-bond acceptors (Lipinski definition) is 1. The lowest BCUT2D eigenvalue weighted by atomic mass is 9.72. The number of rotatable bonds is 6. The van der Waals surface area contributed by atoms with Crippen LogP contribution in [-0.2, 0) is 11.0 Å². The largest absolute Gasteiger partial charge is 0.416 e. The van der Waals surface area contributed by atoms with E-state index >= 15 is 0 Å². The van der Waals surface area contributed by atoms with E-state index in [0.717, 1.165) is 29.7 Å². The molecule has 1 aliphatic rings. The predicted molar refractivity (Wildman–Crippen MR) is 131 cm³/mol.